The summed E-state index contributed by atoms with van der Waals surface area (Å²) >= 11 is 0. The number of carbonyl (C=O) groups excluding carboxylic acids is 1. The number of oxime groups is 1. The monoisotopic (exact) mass is 238 g/mol. The van der Waals surface area contributed by atoms with E-state index in [0.717, 1.165) is 0 Å². The summed E-state index contributed by atoms with van der Waals surface area (Å²) in [5.41, 5.74) is -0.429. The van der Waals surface area contributed by atoms with Gasteiger partial charge in [0.1, 0.15) is 12.4 Å². The number of nitrogens with one attached hydrogen (secondary N) is 1. The van der Waals surface area contributed by atoms with Crippen molar-refractivity contribution in [2.24, 2.45) is 5.16 Å². The van der Waals surface area contributed by atoms with Crippen LogP contribution in [-0.2, 0) is 14.4 Å². The van der Waals surface area contributed by atoms with Gasteiger partial charge < -0.3 is 15.3 Å². The van der Waals surface area contributed by atoms with E-state index in [1.807, 2.05) is 0 Å². The molecular weight excluding hydrogens is 228 g/mol. The van der Waals surface area contributed by atoms with Crippen LogP contribution in [0.4, 0.5) is 5.82 Å². The highest BCUT2D eigenvalue weighted by molar-refractivity contribution is 6.41. The van der Waals surface area contributed by atoms with Crippen molar-refractivity contribution in [2.45, 2.75) is 6.92 Å². The van der Waals surface area contributed by atoms with Crippen LogP contribution in [0.5, 0.6) is 0 Å². The second kappa shape index (κ2) is 6.16. The van der Waals surface area contributed by atoms with E-state index in [2.05, 4.69) is 25.3 Å². The van der Waals surface area contributed by atoms with Gasteiger partial charge in [-0.2, -0.15) is 0 Å². The van der Waals surface area contributed by atoms with Crippen molar-refractivity contribution < 1.29 is 19.5 Å². The Bertz CT molecular complexity index is 446. The van der Waals surface area contributed by atoms with Gasteiger partial charge in [0.25, 0.3) is 0 Å². The standard InChI is InChI=1S/C9H10N4O4/c1-2-17-13-7(9(15)16)8-10-4-3-6(12-8)11-5-14/h3-5H,2H2,1H3,(H,15,16)(H,10,11,12,14). The lowest BCUT2D eigenvalue weighted by Crippen LogP contribution is -2.19. The molecule has 0 aromatic carbocycles. The van der Waals surface area contributed by atoms with E-state index < -0.39 is 11.7 Å². The number of carboxylic acids is 1. The van der Waals surface area contributed by atoms with Gasteiger partial charge >= 0.3 is 5.97 Å². The molecule has 0 atom stereocenters. The first-order valence-electron chi connectivity index (χ1n) is 4.66. The van der Waals surface area contributed by atoms with Gasteiger partial charge in [-0.1, -0.05) is 5.16 Å². The van der Waals surface area contributed by atoms with E-state index in [0.29, 0.717) is 6.41 Å². The lowest BCUT2D eigenvalue weighted by atomic mass is 10.3. The molecular formula is C9H10N4O4. The third kappa shape index (κ3) is 3.52. The van der Waals surface area contributed by atoms with E-state index in [1.165, 1.54) is 12.3 Å². The molecule has 1 aromatic rings. The first-order chi connectivity index (χ1) is 8.19. The fourth-order valence-electron chi connectivity index (χ4n) is 0.918. The molecule has 0 saturated carbocycles. The lowest BCUT2D eigenvalue weighted by molar-refractivity contribution is -0.129. The smallest absolute Gasteiger partial charge is 0.361 e. The van der Waals surface area contributed by atoms with Gasteiger partial charge in [0.05, 0.1) is 0 Å². The van der Waals surface area contributed by atoms with E-state index in [-0.39, 0.29) is 18.2 Å². The third-order valence-electron chi connectivity index (χ3n) is 1.56. The summed E-state index contributed by atoms with van der Waals surface area (Å²) in [5.74, 6) is -1.28. The molecule has 0 aliphatic rings. The van der Waals surface area contributed by atoms with Gasteiger partial charge in [0.2, 0.25) is 12.1 Å². The van der Waals surface area contributed by atoms with Crippen LogP contribution in [0.15, 0.2) is 17.4 Å². The maximum absolute atomic E-state index is 10.9. The maximum atomic E-state index is 10.9. The van der Waals surface area contributed by atoms with Crippen LogP contribution in [0.3, 0.4) is 0 Å². The molecule has 0 saturated heterocycles. The van der Waals surface area contributed by atoms with Crippen LogP contribution in [-0.4, -0.2) is 39.8 Å². The highest BCUT2D eigenvalue weighted by Gasteiger charge is 2.17. The molecule has 2 N–H and O–H groups in total. The molecule has 1 rings (SSSR count). The van der Waals surface area contributed by atoms with Crippen molar-refractivity contribution >= 4 is 23.9 Å². The number of carbonyl (C=O) groups is 2. The summed E-state index contributed by atoms with van der Waals surface area (Å²) in [4.78, 5) is 33.3. The molecule has 0 radical (unpaired) electrons. The highest BCUT2D eigenvalue weighted by Crippen LogP contribution is 2.02. The van der Waals surface area contributed by atoms with E-state index in [4.69, 9.17) is 5.11 Å². The Morgan fingerprint density at radius 2 is 2.47 bits per heavy atom. The summed E-state index contributed by atoms with van der Waals surface area (Å²) < 4.78 is 0. The number of carboxylic acid groups (broad SMARTS) is 1. The maximum Gasteiger partial charge on any atom is 0.361 e. The Hall–Kier alpha value is -2.51. The molecule has 0 fully saturated rings. The Morgan fingerprint density at radius 1 is 1.71 bits per heavy atom. The van der Waals surface area contributed by atoms with E-state index >= 15 is 0 Å². The molecule has 0 spiro atoms. The van der Waals surface area contributed by atoms with Gasteiger partial charge in [-0.3, -0.25) is 4.79 Å². The largest absolute Gasteiger partial charge is 0.476 e. The fourth-order valence-corrected chi connectivity index (χ4v) is 0.918. The average molecular weight is 238 g/mol. The summed E-state index contributed by atoms with van der Waals surface area (Å²) in [7, 11) is 0. The molecule has 90 valence electrons. The van der Waals surface area contributed by atoms with E-state index in [9.17, 15) is 9.59 Å². The van der Waals surface area contributed by atoms with Crippen LogP contribution >= 0.6 is 0 Å². The van der Waals surface area contributed by atoms with Gasteiger partial charge in [-0.25, -0.2) is 14.8 Å². The quantitative estimate of drug-likeness (QED) is 0.405. The van der Waals surface area contributed by atoms with Crippen LogP contribution < -0.4 is 5.32 Å². The molecule has 1 amide bonds. The molecule has 17 heavy (non-hydrogen) atoms. The SMILES string of the molecule is CCON=C(C(=O)O)c1nccc(NC=O)n1. The Kier molecular flexibility index (Phi) is 4.55. The van der Waals surface area contributed by atoms with Crippen molar-refractivity contribution in [1.29, 1.82) is 0 Å². The third-order valence-corrected chi connectivity index (χ3v) is 1.56. The number of nitrogens with zero attached hydrogens (tertiary/aromatic N) is 3. The molecule has 0 bridgehead atoms. The molecule has 8 heteroatoms. The van der Waals surface area contributed by atoms with Crippen molar-refractivity contribution in [3.63, 3.8) is 0 Å². The van der Waals surface area contributed by atoms with Gasteiger partial charge in [-0.15, -0.1) is 0 Å². The van der Waals surface area contributed by atoms with Crippen molar-refractivity contribution in [1.82, 2.24) is 9.97 Å². The minimum Gasteiger partial charge on any atom is -0.476 e. The van der Waals surface area contributed by atoms with E-state index in [1.54, 1.807) is 6.92 Å². The fraction of sp³-hybridized carbons (Fsp3) is 0.222. The normalized spacial score (nSPS) is 10.8. The Balaban J connectivity index is 3.05. The topological polar surface area (TPSA) is 114 Å². The molecule has 1 heterocycles. The van der Waals surface area contributed by atoms with Gasteiger partial charge in [-0.05, 0) is 13.0 Å². The van der Waals surface area contributed by atoms with Crippen LogP contribution in [0, 0.1) is 0 Å². The minimum absolute atomic E-state index is 0.141. The van der Waals surface area contributed by atoms with Crippen molar-refractivity contribution in [3.8, 4) is 0 Å². The lowest BCUT2D eigenvalue weighted by Gasteiger charge is -2.02. The average Bonchev–Trinajstić information content (AvgIpc) is 2.30. The van der Waals surface area contributed by atoms with Crippen molar-refractivity contribution in [3.05, 3.63) is 18.1 Å². The second-order valence-corrected chi connectivity index (χ2v) is 2.69. The number of rotatable bonds is 6. The molecule has 0 aliphatic carbocycles. The highest BCUT2D eigenvalue weighted by atomic mass is 16.6. The summed E-state index contributed by atoms with van der Waals surface area (Å²) in [6.07, 6.45) is 1.73. The Labute approximate surface area is 96.3 Å². The molecule has 8 nitrogen and oxygen atoms in total. The summed E-state index contributed by atoms with van der Waals surface area (Å²) in [6.45, 7) is 1.89. The first kappa shape index (κ1) is 12.6. The molecule has 0 unspecified atom stereocenters. The van der Waals surface area contributed by atoms with Gasteiger partial charge in [0.15, 0.2) is 5.82 Å². The van der Waals surface area contributed by atoms with Crippen molar-refractivity contribution in [2.75, 3.05) is 11.9 Å². The predicted octanol–water partition coefficient (Wildman–Crippen LogP) is -0.130. The number of hydrogen-bond donors (Lipinski definition) is 2. The Morgan fingerprint density at radius 3 is 3.06 bits per heavy atom. The summed E-state index contributed by atoms with van der Waals surface area (Å²) in [6, 6.07) is 1.41. The predicted molar refractivity (Wildman–Crippen MR) is 57.5 cm³/mol. The number of amides is 1. The minimum atomic E-state index is -1.32. The number of hydrogen-bond acceptors (Lipinski definition) is 6. The summed E-state index contributed by atoms with van der Waals surface area (Å²) in [5, 5.41) is 14.6. The zero-order valence-corrected chi connectivity index (χ0v) is 8.95. The number of aliphatic carboxylic acids is 1. The van der Waals surface area contributed by atoms with Crippen LogP contribution in [0.1, 0.15) is 12.7 Å². The molecule has 1 aromatic heterocycles. The number of anilines is 1. The van der Waals surface area contributed by atoms with Crippen LogP contribution in [0.2, 0.25) is 0 Å². The molecule has 0 aliphatic heterocycles. The number of aromatic nitrogens is 2. The zero-order chi connectivity index (χ0) is 12.7. The first-order valence-corrected chi connectivity index (χ1v) is 4.66. The zero-order valence-electron chi connectivity index (χ0n) is 8.95. The van der Waals surface area contributed by atoms with Gasteiger partial charge in [0, 0.05) is 6.20 Å². The van der Waals surface area contributed by atoms with Crippen LogP contribution in [0.25, 0.3) is 0 Å². The second-order valence-electron chi connectivity index (χ2n) is 2.69.